The lowest BCUT2D eigenvalue weighted by molar-refractivity contribution is 0.475. The molecule has 3 heteroatoms. The Morgan fingerprint density at radius 3 is 2.59 bits per heavy atom. The molecule has 0 saturated carbocycles. The number of aromatic hydroxyl groups is 1. The Morgan fingerprint density at radius 2 is 2.00 bits per heavy atom. The maximum Gasteiger partial charge on any atom is 0.115 e. The molecule has 3 nitrogen and oxygen atoms in total. The number of hydrogen-bond acceptors (Lipinski definition) is 3. The first-order chi connectivity index (χ1) is 8.29. The summed E-state index contributed by atoms with van der Waals surface area (Å²) in [6.07, 6.45) is 5.14. The number of pyridine rings is 1. The largest absolute Gasteiger partial charge is 0.508 e. The van der Waals surface area contributed by atoms with Crippen molar-refractivity contribution in [1.82, 2.24) is 4.98 Å². The molecule has 2 rings (SSSR count). The number of rotatable bonds is 2. The van der Waals surface area contributed by atoms with Crippen molar-refractivity contribution in [2.75, 3.05) is 0 Å². The van der Waals surface area contributed by atoms with Crippen LogP contribution in [-0.2, 0) is 0 Å². The second kappa shape index (κ2) is 4.95. The summed E-state index contributed by atoms with van der Waals surface area (Å²) >= 11 is 0. The van der Waals surface area contributed by atoms with Crippen LogP contribution in [0.1, 0.15) is 11.1 Å². The van der Waals surface area contributed by atoms with E-state index in [1.165, 1.54) is 0 Å². The number of hydrogen-bond donors (Lipinski definition) is 1. The number of aromatic nitrogens is 1. The van der Waals surface area contributed by atoms with E-state index in [4.69, 9.17) is 5.26 Å². The number of nitriles is 1. The minimum atomic E-state index is 0.187. The predicted octanol–water partition coefficient (Wildman–Crippen LogP) is 2.85. The van der Waals surface area contributed by atoms with E-state index >= 15 is 0 Å². The summed E-state index contributed by atoms with van der Waals surface area (Å²) < 4.78 is 0. The number of phenols is 1. The Hall–Kier alpha value is -2.60. The summed E-state index contributed by atoms with van der Waals surface area (Å²) in [5, 5.41) is 18.3. The van der Waals surface area contributed by atoms with Crippen LogP contribution in [0.25, 0.3) is 11.6 Å². The van der Waals surface area contributed by atoms with E-state index in [0.29, 0.717) is 5.57 Å². The Balaban J connectivity index is 2.38. The lowest BCUT2D eigenvalue weighted by Gasteiger charge is -1.99. The van der Waals surface area contributed by atoms with E-state index in [1.807, 2.05) is 12.1 Å². The van der Waals surface area contributed by atoms with Crippen LogP contribution in [0.3, 0.4) is 0 Å². The third-order valence-corrected chi connectivity index (χ3v) is 2.29. The molecule has 1 aromatic heterocycles. The van der Waals surface area contributed by atoms with Gasteiger partial charge in [-0.2, -0.15) is 5.26 Å². The molecule has 1 N–H and O–H groups in total. The average molecular weight is 222 g/mol. The molecule has 82 valence electrons. The molecule has 0 spiro atoms. The second-order valence-electron chi connectivity index (χ2n) is 3.50. The molecule has 0 unspecified atom stereocenters. The van der Waals surface area contributed by atoms with Crippen LogP contribution in [0.2, 0.25) is 0 Å². The van der Waals surface area contributed by atoms with Crippen molar-refractivity contribution in [3.05, 3.63) is 59.9 Å². The molecule has 0 bridgehead atoms. The van der Waals surface area contributed by atoms with E-state index in [-0.39, 0.29) is 5.75 Å². The summed E-state index contributed by atoms with van der Waals surface area (Å²) in [6, 6.07) is 12.4. The van der Waals surface area contributed by atoms with Crippen molar-refractivity contribution in [3.63, 3.8) is 0 Å². The Labute approximate surface area is 99.3 Å². The molecule has 0 aliphatic carbocycles. The first kappa shape index (κ1) is 10.9. The minimum Gasteiger partial charge on any atom is -0.508 e. The first-order valence-corrected chi connectivity index (χ1v) is 5.11. The fraction of sp³-hybridized carbons (Fsp3) is 0. The number of nitrogens with zero attached hydrogens (tertiary/aromatic N) is 2. The van der Waals surface area contributed by atoms with E-state index in [0.717, 1.165) is 11.1 Å². The quantitative estimate of drug-likeness (QED) is 0.795. The highest BCUT2D eigenvalue weighted by molar-refractivity contribution is 5.89. The van der Waals surface area contributed by atoms with Gasteiger partial charge in [0, 0.05) is 12.4 Å². The lowest BCUT2D eigenvalue weighted by atomic mass is 10.0. The summed E-state index contributed by atoms with van der Waals surface area (Å²) in [7, 11) is 0. The highest BCUT2D eigenvalue weighted by Gasteiger charge is 2.00. The normalized spacial score (nSPS) is 10.9. The van der Waals surface area contributed by atoms with E-state index < -0.39 is 0 Å². The minimum absolute atomic E-state index is 0.187. The van der Waals surface area contributed by atoms with Crippen LogP contribution in [0.15, 0.2) is 48.8 Å². The van der Waals surface area contributed by atoms with Crippen LogP contribution < -0.4 is 0 Å². The SMILES string of the molecule is N#C/C(=C/c1cccnc1)c1ccc(O)cc1. The van der Waals surface area contributed by atoms with Crippen LogP contribution in [0.4, 0.5) is 0 Å². The molecular weight excluding hydrogens is 212 g/mol. The molecule has 0 aliphatic rings. The van der Waals surface area contributed by atoms with Gasteiger partial charge in [0.2, 0.25) is 0 Å². The van der Waals surface area contributed by atoms with E-state index in [2.05, 4.69) is 11.1 Å². The van der Waals surface area contributed by atoms with Crippen molar-refractivity contribution in [3.8, 4) is 11.8 Å². The third kappa shape index (κ3) is 2.70. The van der Waals surface area contributed by atoms with Gasteiger partial charge in [0.05, 0.1) is 11.6 Å². The predicted molar refractivity (Wildman–Crippen MR) is 65.8 cm³/mol. The Bertz CT molecular complexity index is 565. The third-order valence-electron chi connectivity index (χ3n) is 2.29. The van der Waals surface area contributed by atoms with Gasteiger partial charge in [0.15, 0.2) is 0 Å². The topological polar surface area (TPSA) is 56.9 Å². The van der Waals surface area contributed by atoms with Crippen LogP contribution >= 0.6 is 0 Å². The highest BCUT2D eigenvalue weighted by Crippen LogP contribution is 2.19. The van der Waals surface area contributed by atoms with Crippen molar-refractivity contribution < 1.29 is 5.11 Å². The maximum absolute atomic E-state index is 9.19. The van der Waals surface area contributed by atoms with Crippen molar-refractivity contribution in [1.29, 1.82) is 5.26 Å². The van der Waals surface area contributed by atoms with Gasteiger partial charge >= 0.3 is 0 Å². The van der Waals surface area contributed by atoms with Crippen LogP contribution in [-0.4, -0.2) is 10.1 Å². The Morgan fingerprint density at radius 1 is 1.24 bits per heavy atom. The zero-order valence-corrected chi connectivity index (χ0v) is 9.04. The molecular formula is C14H10N2O. The van der Waals surface area contributed by atoms with Crippen molar-refractivity contribution in [2.24, 2.45) is 0 Å². The molecule has 2 aromatic rings. The highest BCUT2D eigenvalue weighted by atomic mass is 16.3. The smallest absolute Gasteiger partial charge is 0.115 e. The molecule has 0 aliphatic heterocycles. The summed E-state index contributed by atoms with van der Waals surface area (Å²) in [6.45, 7) is 0. The lowest BCUT2D eigenvalue weighted by Crippen LogP contribution is -1.82. The fourth-order valence-electron chi connectivity index (χ4n) is 1.45. The zero-order chi connectivity index (χ0) is 12.1. The molecule has 0 radical (unpaired) electrons. The second-order valence-corrected chi connectivity index (χ2v) is 3.50. The van der Waals surface area contributed by atoms with Crippen LogP contribution in [0, 0.1) is 11.3 Å². The number of phenolic OH excluding ortho intramolecular Hbond substituents is 1. The molecule has 0 amide bonds. The fourth-order valence-corrected chi connectivity index (χ4v) is 1.45. The molecule has 1 aromatic carbocycles. The van der Waals surface area contributed by atoms with Gasteiger partial charge in [-0.3, -0.25) is 4.98 Å². The molecule has 0 fully saturated rings. The van der Waals surface area contributed by atoms with E-state index in [1.54, 1.807) is 42.7 Å². The van der Waals surface area contributed by atoms with Crippen LogP contribution in [0.5, 0.6) is 5.75 Å². The van der Waals surface area contributed by atoms with E-state index in [9.17, 15) is 5.11 Å². The van der Waals surface area contributed by atoms with Crippen molar-refractivity contribution in [2.45, 2.75) is 0 Å². The molecule has 0 saturated heterocycles. The maximum atomic E-state index is 9.19. The summed E-state index contributed by atoms with van der Waals surface area (Å²) in [4.78, 5) is 3.99. The van der Waals surface area contributed by atoms with Gasteiger partial charge in [-0.25, -0.2) is 0 Å². The van der Waals surface area contributed by atoms with Gasteiger partial charge in [0.25, 0.3) is 0 Å². The van der Waals surface area contributed by atoms with Gasteiger partial charge in [0.1, 0.15) is 5.75 Å². The van der Waals surface area contributed by atoms with Gasteiger partial charge in [-0.1, -0.05) is 6.07 Å². The van der Waals surface area contributed by atoms with Gasteiger partial charge in [-0.15, -0.1) is 0 Å². The van der Waals surface area contributed by atoms with Crippen molar-refractivity contribution >= 4 is 11.6 Å². The van der Waals surface area contributed by atoms with Gasteiger partial charge in [-0.05, 0) is 47.5 Å². The summed E-state index contributed by atoms with van der Waals surface area (Å²) in [5.41, 5.74) is 2.18. The monoisotopic (exact) mass is 222 g/mol. The summed E-state index contributed by atoms with van der Waals surface area (Å²) in [5.74, 6) is 0.187. The van der Waals surface area contributed by atoms with Gasteiger partial charge < -0.3 is 5.11 Å². The molecule has 0 atom stereocenters. The number of benzene rings is 1. The first-order valence-electron chi connectivity index (χ1n) is 5.11. The average Bonchev–Trinajstić information content (AvgIpc) is 2.38. The molecule has 1 heterocycles. The zero-order valence-electron chi connectivity index (χ0n) is 9.04. The number of allylic oxidation sites excluding steroid dienone is 1. The Kier molecular flexibility index (Phi) is 3.18. The molecule has 17 heavy (non-hydrogen) atoms. The standard InChI is InChI=1S/C14H10N2O/c15-9-13(8-11-2-1-7-16-10-11)12-3-5-14(17)6-4-12/h1-8,10,17H/b13-8-.